The van der Waals surface area contributed by atoms with E-state index in [2.05, 4.69) is 21.5 Å². The van der Waals surface area contributed by atoms with Crippen LogP contribution in [0.3, 0.4) is 0 Å². The molecule has 6 nitrogen and oxygen atoms in total. The van der Waals surface area contributed by atoms with Crippen molar-refractivity contribution in [1.29, 1.82) is 5.26 Å². The second-order valence-electron chi connectivity index (χ2n) is 4.41. The van der Waals surface area contributed by atoms with E-state index in [4.69, 9.17) is 10.00 Å². The average molecular weight is 271 g/mol. The summed E-state index contributed by atoms with van der Waals surface area (Å²) >= 11 is 0. The van der Waals surface area contributed by atoms with Crippen molar-refractivity contribution in [2.24, 2.45) is 0 Å². The Hall–Kier alpha value is -2.23. The molecule has 1 aromatic carbocycles. The summed E-state index contributed by atoms with van der Waals surface area (Å²) in [4.78, 5) is 3.91. The molecule has 2 aromatic rings. The van der Waals surface area contributed by atoms with Crippen LogP contribution in [0.4, 0.5) is 0 Å². The van der Waals surface area contributed by atoms with Crippen LogP contribution in [0.2, 0.25) is 0 Å². The van der Waals surface area contributed by atoms with Gasteiger partial charge in [0.05, 0.1) is 12.3 Å². The topological polar surface area (TPSA) is 75.8 Å². The first-order chi connectivity index (χ1) is 9.74. The van der Waals surface area contributed by atoms with Crippen molar-refractivity contribution < 1.29 is 4.74 Å². The molecule has 0 fully saturated rings. The fourth-order valence-corrected chi connectivity index (χ4v) is 1.92. The van der Waals surface area contributed by atoms with Gasteiger partial charge in [0, 0.05) is 20.2 Å². The molecule has 6 heteroatoms. The Morgan fingerprint density at radius 2 is 2.30 bits per heavy atom. The van der Waals surface area contributed by atoms with Gasteiger partial charge in [0.1, 0.15) is 12.4 Å². The summed E-state index contributed by atoms with van der Waals surface area (Å²) in [6, 6.07) is 8.05. The molecule has 2 rings (SSSR count). The van der Waals surface area contributed by atoms with Gasteiger partial charge in [-0.25, -0.2) is 9.67 Å². The largest absolute Gasteiger partial charge is 0.383 e. The van der Waals surface area contributed by atoms with Gasteiger partial charge in [-0.15, -0.1) is 5.10 Å². The number of nitrogens with zero attached hydrogens (tertiary/aromatic N) is 4. The van der Waals surface area contributed by atoms with Crippen LogP contribution in [-0.2, 0) is 11.3 Å². The third-order valence-corrected chi connectivity index (χ3v) is 2.91. The van der Waals surface area contributed by atoms with E-state index in [9.17, 15) is 0 Å². The molecule has 1 N–H and O–H groups in total. The Labute approximate surface area is 118 Å². The van der Waals surface area contributed by atoms with Crippen molar-refractivity contribution in [2.75, 3.05) is 20.3 Å². The molecule has 20 heavy (non-hydrogen) atoms. The fourth-order valence-electron chi connectivity index (χ4n) is 1.92. The normalized spacial score (nSPS) is 10.4. The summed E-state index contributed by atoms with van der Waals surface area (Å²) in [5.74, 6) is 0.176. The molecular weight excluding hydrogens is 254 g/mol. The molecular formula is C14H17N5O. The van der Waals surface area contributed by atoms with Crippen LogP contribution in [0.1, 0.15) is 17.0 Å². The van der Waals surface area contributed by atoms with Crippen molar-refractivity contribution in [3.8, 4) is 11.8 Å². The van der Waals surface area contributed by atoms with E-state index >= 15 is 0 Å². The van der Waals surface area contributed by atoms with Gasteiger partial charge < -0.3 is 10.1 Å². The van der Waals surface area contributed by atoms with Crippen molar-refractivity contribution in [3.63, 3.8) is 0 Å². The Bertz CT molecular complexity index is 614. The number of nitriles is 1. The first kappa shape index (κ1) is 14.2. The first-order valence-corrected chi connectivity index (χ1v) is 6.36. The van der Waals surface area contributed by atoms with E-state index < -0.39 is 0 Å². The third kappa shape index (κ3) is 3.41. The van der Waals surface area contributed by atoms with Gasteiger partial charge in [-0.3, -0.25) is 0 Å². The lowest BCUT2D eigenvalue weighted by atomic mass is 10.1. The third-order valence-electron chi connectivity index (χ3n) is 2.91. The van der Waals surface area contributed by atoms with Gasteiger partial charge in [-0.2, -0.15) is 5.26 Å². The Morgan fingerprint density at radius 1 is 1.45 bits per heavy atom. The van der Waals surface area contributed by atoms with Crippen LogP contribution in [0.15, 0.2) is 24.5 Å². The van der Waals surface area contributed by atoms with Crippen LogP contribution in [0.25, 0.3) is 5.69 Å². The first-order valence-electron chi connectivity index (χ1n) is 6.36. The minimum Gasteiger partial charge on any atom is -0.383 e. The standard InChI is InChI=1S/C14H17N5O/c1-11-7-12(9-16-5-6-20-2)3-4-13(11)19-10-17-14(8-15)18-19/h3-4,7,10,16H,5-6,9H2,1-2H3. The number of methoxy groups -OCH3 is 1. The summed E-state index contributed by atoms with van der Waals surface area (Å²) in [6.07, 6.45) is 1.55. The van der Waals surface area contributed by atoms with Crippen molar-refractivity contribution in [2.45, 2.75) is 13.5 Å². The fraction of sp³-hybridized carbons (Fsp3) is 0.357. The van der Waals surface area contributed by atoms with Crippen molar-refractivity contribution in [1.82, 2.24) is 20.1 Å². The molecule has 0 aliphatic heterocycles. The van der Waals surface area contributed by atoms with Crippen molar-refractivity contribution in [3.05, 3.63) is 41.5 Å². The van der Waals surface area contributed by atoms with Crippen LogP contribution in [-0.4, -0.2) is 35.0 Å². The zero-order valence-electron chi connectivity index (χ0n) is 11.6. The molecule has 0 saturated carbocycles. The van der Waals surface area contributed by atoms with Gasteiger partial charge in [-0.05, 0) is 24.1 Å². The van der Waals surface area contributed by atoms with Crippen LogP contribution in [0, 0.1) is 18.3 Å². The lowest BCUT2D eigenvalue weighted by molar-refractivity contribution is 0.199. The maximum Gasteiger partial charge on any atom is 0.252 e. The minimum absolute atomic E-state index is 0.176. The van der Waals surface area contributed by atoms with E-state index in [1.165, 1.54) is 5.56 Å². The zero-order chi connectivity index (χ0) is 14.4. The molecule has 0 amide bonds. The molecule has 1 heterocycles. The Kier molecular flexibility index (Phi) is 4.82. The predicted molar refractivity (Wildman–Crippen MR) is 74.4 cm³/mol. The molecule has 0 spiro atoms. The summed E-state index contributed by atoms with van der Waals surface area (Å²) < 4.78 is 6.61. The van der Waals surface area contributed by atoms with E-state index in [-0.39, 0.29) is 5.82 Å². The molecule has 0 bridgehead atoms. The van der Waals surface area contributed by atoms with E-state index in [1.54, 1.807) is 18.1 Å². The Balaban J connectivity index is 2.08. The van der Waals surface area contributed by atoms with E-state index in [0.29, 0.717) is 6.61 Å². The van der Waals surface area contributed by atoms with Gasteiger partial charge >= 0.3 is 0 Å². The lowest BCUT2D eigenvalue weighted by Gasteiger charge is -2.09. The summed E-state index contributed by atoms with van der Waals surface area (Å²) in [6.45, 7) is 4.34. The molecule has 0 saturated heterocycles. The molecule has 0 aliphatic rings. The lowest BCUT2D eigenvalue weighted by Crippen LogP contribution is -2.18. The minimum atomic E-state index is 0.176. The van der Waals surface area contributed by atoms with Gasteiger partial charge in [0.25, 0.3) is 5.82 Å². The molecule has 0 aliphatic carbocycles. The molecule has 104 valence electrons. The summed E-state index contributed by atoms with van der Waals surface area (Å²) in [5, 5.41) is 16.1. The highest BCUT2D eigenvalue weighted by molar-refractivity contribution is 5.42. The number of hydrogen-bond acceptors (Lipinski definition) is 5. The number of nitrogens with one attached hydrogen (secondary N) is 1. The SMILES string of the molecule is COCCNCc1ccc(-n2cnc(C#N)n2)c(C)c1. The molecule has 0 unspecified atom stereocenters. The quantitative estimate of drug-likeness (QED) is 0.798. The maximum absolute atomic E-state index is 8.75. The van der Waals surface area contributed by atoms with Crippen LogP contribution < -0.4 is 5.32 Å². The number of hydrogen-bond donors (Lipinski definition) is 1. The molecule has 0 radical (unpaired) electrons. The highest BCUT2D eigenvalue weighted by Gasteiger charge is 2.05. The number of rotatable bonds is 6. The van der Waals surface area contributed by atoms with Crippen molar-refractivity contribution >= 4 is 0 Å². The highest BCUT2D eigenvalue weighted by Crippen LogP contribution is 2.15. The summed E-state index contributed by atoms with van der Waals surface area (Å²) in [7, 11) is 1.69. The zero-order valence-corrected chi connectivity index (χ0v) is 11.6. The average Bonchev–Trinajstić information content (AvgIpc) is 2.92. The Morgan fingerprint density at radius 3 is 2.95 bits per heavy atom. The van der Waals surface area contributed by atoms with Gasteiger partial charge in [0.2, 0.25) is 0 Å². The molecule has 0 atom stereocenters. The monoisotopic (exact) mass is 271 g/mol. The maximum atomic E-state index is 8.75. The smallest absolute Gasteiger partial charge is 0.252 e. The van der Waals surface area contributed by atoms with Gasteiger partial charge in [0.15, 0.2) is 0 Å². The number of aromatic nitrogens is 3. The second-order valence-corrected chi connectivity index (χ2v) is 4.41. The number of aryl methyl sites for hydroxylation is 1. The highest BCUT2D eigenvalue weighted by atomic mass is 16.5. The predicted octanol–water partition coefficient (Wildman–Crippen LogP) is 1.18. The van der Waals surface area contributed by atoms with Gasteiger partial charge in [-0.1, -0.05) is 12.1 Å². The molecule has 1 aromatic heterocycles. The van der Waals surface area contributed by atoms with E-state index in [1.807, 2.05) is 25.1 Å². The second kappa shape index (κ2) is 6.80. The number of benzene rings is 1. The van der Waals surface area contributed by atoms with E-state index in [0.717, 1.165) is 24.3 Å². The van der Waals surface area contributed by atoms with Crippen LogP contribution >= 0.6 is 0 Å². The number of ether oxygens (including phenoxy) is 1. The summed E-state index contributed by atoms with van der Waals surface area (Å²) in [5.41, 5.74) is 3.22. The van der Waals surface area contributed by atoms with Crippen LogP contribution in [0.5, 0.6) is 0 Å².